The molecular formula is C21H24N6O. The quantitative estimate of drug-likeness (QED) is 0.752. The highest BCUT2D eigenvalue weighted by Crippen LogP contribution is 2.32. The zero-order valence-corrected chi connectivity index (χ0v) is 16.2. The highest BCUT2D eigenvalue weighted by Gasteiger charge is 2.23. The van der Waals surface area contributed by atoms with Crippen molar-refractivity contribution in [3.8, 4) is 11.4 Å². The maximum atomic E-state index is 11.9. The van der Waals surface area contributed by atoms with E-state index in [0.717, 1.165) is 42.7 Å². The van der Waals surface area contributed by atoms with Gasteiger partial charge in [0, 0.05) is 30.4 Å². The van der Waals surface area contributed by atoms with Crippen molar-refractivity contribution in [1.29, 1.82) is 0 Å². The molecule has 0 bridgehead atoms. The topological polar surface area (TPSA) is 88.2 Å². The standard InChI is InChI=1S/C21H24N6O/c1-26-11-8-14(9-12-26)27(2)19-7-6-15(21(22)28)20-16(19)13-18(24-25-20)17-5-3-4-10-23-17/h3-7,10,13-14H,8-9,11-12H2,1-2H3,(H2,22,28). The Balaban J connectivity index is 1.83. The van der Waals surface area contributed by atoms with E-state index in [1.807, 2.05) is 30.3 Å². The van der Waals surface area contributed by atoms with Gasteiger partial charge in [-0.2, -0.15) is 0 Å². The van der Waals surface area contributed by atoms with Crippen LogP contribution in [0.25, 0.3) is 22.3 Å². The lowest BCUT2D eigenvalue weighted by atomic mass is 10.0. The molecular weight excluding hydrogens is 352 g/mol. The Morgan fingerprint density at radius 1 is 1.14 bits per heavy atom. The van der Waals surface area contributed by atoms with Crippen molar-refractivity contribution in [2.45, 2.75) is 18.9 Å². The molecule has 3 heterocycles. The minimum atomic E-state index is -0.501. The van der Waals surface area contributed by atoms with E-state index in [1.165, 1.54) is 0 Å². The fourth-order valence-electron chi connectivity index (χ4n) is 3.84. The van der Waals surface area contributed by atoms with E-state index in [1.54, 1.807) is 12.3 Å². The van der Waals surface area contributed by atoms with E-state index in [0.29, 0.717) is 22.8 Å². The Morgan fingerprint density at radius 2 is 1.93 bits per heavy atom. The number of hydrogen-bond donors (Lipinski definition) is 1. The van der Waals surface area contributed by atoms with Crippen molar-refractivity contribution in [1.82, 2.24) is 20.1 Å². The van der Waals surface area contributed by atoms with Gasteiger partial charge in [-0.1, -0.05) is 6.07 Å². The monoisotopic (exact) mass is 376 g/mol. The van der Waals surface area contributed by atoms with Crippen LogP contribution in [0.5, 0.6) is 0 Å². The van der Waals surface area contributed by atoms with Gasteiger partial charge in [-0.3, -0.25) is 9.78 Å². The van der Waals surface area contributed by atoms with Crippen molar-refractivity contribution in [3.05, 3.63) is 48.2 Å². The minimum absolute atomic E-state index is 0.385. The van der Waals surface area contributed by atoms with Gasteiger partial charge in [0.25, 0.3) is 5.91 Å². The van der Waals surface area contributed by atoms with Crippen molar-refractivity contribution in [3.63, 3.8) is 0 Å². The van der Waals surface area contributed by atoms with Crippen molar-refractivity contribution in [2.75, 3.05) is 32.1 Å². The van der Waals surface area contributed by atoms with Crippen LogP contribution in [0.4, 0.5) is 5.69 Å². The van der Waals surface area contributed by atoms with E-state index in [4.69, 9.17) is 5.73 Å². The summed E-state index contributed by atoms with van der Waals surface area (Å²) in [6.07, 6.45) is 3.92. The SMILES string of the molecule is CN1CCC(N(C)c2ccc(C(N)=O)c3nnc(-c4ccccn4)cc23)CC1. The van der Waals surface area contributed by atoms with Gasteiger partial charge in [-0.15, -0.1) is 10.2 Å². The Kier molecular flexibility index (Phi) is 4.92. The van der Waals surface area contributed by atoms with Gasteiger partial charge in [-0.25, -0.2) is 0 Å². The smallest absolute Gasteiger partial charge is 0.250 e. The van der Waals surface area contributed by atoms with E-state index in [2.05, 4.69) is 39.1 Å². The first-order chi connectivity index (χ1) is 13.5. The number of hydrogen-bond acceptors (Lipinski definition) is 6. The van der Waals surface area contributed by atoms with Crippen LogP contribution in [-0.2, 0) is 0 Å². The van der Waals surface area contributed by atoms with Gasteiger partial charge >= 0.3 is 0 Å². The summed E-state index contributed by atoms with van der Waals surface area (Å²) >= 11 is 0. The van der Waals surface area contributed by atoms with Gasteiger partial charge in [0.15, 0.2) is 0 Å². The summed E-state index contributed by atoms with van der Waals surface area (Å²) in [6, 6.07) is 11.8. The van der Waals surface area contributed by atoms with E-state index in [-0.39, 0.29) is 0 Å². The number of benzene rings is 1. The average molecular weight is 376 g/mol. The second kappa shape index (κ2) is 7.52. The number of pyridine rings is 1. The van der Waals surface area contributed by atoms with Crippen LogP contribution in [-0.4, -0.2) is 59.2 Å². The molecule has 2 aromatic heterocycles. The van der Waals surface area contributed by atoms with Crippen LogP contribution in [0, 0.1) is 0 Å². The summed E-state index contributed by atoms with van der Waals surface area (Å²) in [4.78, 5) is 20.9. The van der Waals surface area contributed by atoms with Crippen LogP contribution in [0.1, 0.15) is 23.2 Å². The lowest BCUT2D eigenvalue weighted by Crippen LogP contribution is -2.42. The third-order valence-corrected chi connectivity index (χ3v) is 5.54. The Bertz CT molecular complexity index is 998. The van der Waals surface area contributed by atoms with Crippen molar-refractivity contribution in [2.24, 2.45) is 5.73 Å². The van der Waals surface area contributed by atoms with Gasteiger partial charge in [0.2, 0.25) is 0 Å². The van der Waals surface area contributed by atoms with Gasteiger partial charge < -0.3 is 15.5 Å². The van der Waals surface area contributed by atoms with Crippen LogP contribution in [0.3, 0.4) is 0 Å². The molecule has 2 N–H and O–H groups in total. The van der Waals surface area contributed by atoms with Gasteiger partial charge in [0.05, 0.1) is 11.3 Å². The maximum absolute atomic E-state index is 11.9. The number of likely N-dealkylation sites (tertiary alicyclic amines) is 1. The molecule has 1 aliphatic rings. The fraction of sp³-hybridized carbons (Fsp3) is 0.333. The highest BCUT2D eigenvalue weighted by molar-refractivity contribution is 6.08. The lowest BCUT2D eigenvalue weighted by molar-refractivity contribution is 0.100. The molecule has 28 heavy (non-hydrogen) atoms. The van der Waals surface area contributed by atoms with Crippen molar-refractivity contribution < 1.29 is 4.79 Å². The number of fused-ring (bicyclic) bond motifs is 1. The molecule has 4 rings (SSSR count). The Hall–Kier alpha value is -3.06. The molecule has 0 spiro atoms. The number of carbonyl (C=O) groups excluding carboxylic acids is 1. The van der Waals surface area contributed by atoms with E-state index < -0.39 is 5.91 Å². The summed E-state index contributed by atoms with van der Waals surface area (Å²) in [5.74, 6) is -0.501. The zero-order valence-electron chi connectivity index (χ0n) is 16.2. The molecule has 3 aromatic rings. The first kappa shape index (κ1) is 18.3. The second-order valence-electron chi connectivity index (χ2n) is 7.35. The average Bonchev–Trinajstić information content (AvgIpc) is 2.73. The molecule has 144 valence electrons. The number of carbonyl (C=O) groups is 1. The number of piperidine rings is 1. The molecule has 1 aromatic carbocycles. The molecule has 1 fully saturated rings. The summed E-state index contributed by atoms with van der Waals surface area (Å²) < 4.78 is 0. The zero-order chi connectivity index (χ0) is 19.7. The predicted octanol–water partition coefficient (Wildman–Crippen LogP) is 2.32. The van der Waals surface area contributed by atoms with E-state index >= 15 is 0 Å². The largest absolute Gasteiger partial charge is 0.371 e. The van der Waals surface area contributed by atoms with E-state index in [9.17, 15) is 4.79 Å². The lowest BCUT2D eigenvalue weighted by Gasteiger charge is -2.37. The molecule has 7 heteroatoms. The molecule has 7 nitrogen and oxygen atoms in total. The molecule has 1 saturated heterocycles. The first-order valence-electron chi connectivity index (χ1n) is 9.47. The van der Waals surface area contributed by atoms with Crippen molar-refractivity contribution >= 4 is 22.5 Å². The number of amides is 1. The number of anilines is 1. The summed E-state index contributed by atoms with van der Waals surface area (Å²) in [7, 11) is 4.26. The van der Waals surface area contributed by atoms with Gasteiger partial charge in [0.1, 0.15) is 11.2 Å². The molecule has 0 saturated carbocycles. The molecule has 1 aliphatic heterocycles. The summed E-state index contributed by atoms with van der Waals surface area (Å²) in [5.41, 5.74) is 8.94. The summed E-state index contributed by atoms with van der Waals surface area (Å²) in [6.45, 7) is 2.15. The molecule has 0 radical (unpaired) electrons. The highest BCUT2D eigenvalue weighted by atomic mass is 16.1. The third-order valence-electron chi connectivity index (χ3n) is 5.54. The third kappa shape index (κ3) is 3.41. The summed E-state index contributed by atoms with van der Waals surface area (Å²) in [5, 5.41) is 9.52. The molecule has 0 unspecified atom stereocenters. The van der Waals surface area contributed by atoms with Crippen LogP contribution >= 0.6 is 0 Å². The normalized spacial score (nSPS) is 15.6. The number of rotatable bonds is 4. The number of nitrogens with zero attached hydrogens (tertiary/aromatic N) is 5. The minimum Gasteiger partial charge on any atom is -0.371 e. The molecule has 1 amide bonds. The van der Waals surface area contributed by atoms with Crippen LogP contribution < -0.4 is 10.6 Å². The van der Waals surface area contributed by atoms with Gasteiger partial charge in [-0.05, 0) is 63.3 Å². The number of nitrogens with two attached hydrogens (primary N) is 1. The first-order valence-corrected chi connectivity index (χ1v) is 9.47. The Labute approximate surface area is 164 Å². The Morgan fingerprint density at radius 3 is 2.61 bits per heavy atom. The van der Waals surface area contributed by atoms with Crippen LogP contribution in [0.2, 0.25) is 0 Å². The second-order valence-corrected chi connectivity index (χ2v) is 7.35. The predicted molar refractivity (Wildman–Crippen MR) is 110 cm³/mol. The molecule has 0 atom stereocenters. The molecule has 0 aliphatic carbocycles. The van der Waals surface area contributed by atoms with Crippen LogP contribution in [0.15, 0.2) is 42.6 Å². The number of primary amides is 1. The maximum Gasteiger partial charge on any atom is 0.250 e. The number of aromatic nitrogens is 3. The fourth-order valence-corrected chi connectivity index (χ4v) is 3.84.